The van der Waals surface area contributed by atoms with Gasteiger partial charge in [0.2, 0.25) is 5.88 Å². The predicted octanol–water partition coefficient (Wildman–Crippen LogP) is 3.80. The number of nitrogens with zero attached hydrogens (tertiary/aromatic N) is 8. The number of rotatable bonds is 5. The Morgan fingerprint density at radius 3 is 2.82 bits per heavy atom. The molecule has 2 aliphatic carbocycles. The molecule has 12 nitrogen and oxygen atoms in total. The number of nitriles is 1. The van der Waals surface area contributed by atoms with Gasteiger partial charge >= 0.3 is 0 Å². The minimum atomic E-state index is -0.422. The Kier molecular flexibility index (Phi) is 6.59. The fraction of sp³-hybridized carbons (Fsp3) is 0.581. The van der Waals surface area contributed by atoms with Gasteiger partial charge in [0.15, 0.2) is 22.9 Å². The summed E-state index contributed by atoms with van der Waals surface area (Å²) in [6.45, 7) is 4.67. The predicted molar refractivity (Wildman–Crippen MR) is 166 cm³/mol. The number of nitrogen functional groups attached to an aromatic ring is 1. The quantitative estimate of drug-likeness (QED) is 0.337. The fourth-order valence-corrected chi connectivity index (χ4v) is 9.49. The van der Waals surface area contributed by atoms with E-state index >= 15 is 0 Å². The second kappa shape index (κ2) is 10.4. The van der Waals surface area contributed by atoms with Gasteiger partial charge in [-0.25, -0.2) is 14.6 Å². The summed E-state index contributed by atoms with van der Waals surface area (Å²) in [5.74, 6) is 2.54. The van der Waals surface area contributed by atoms with Gasteiger partial charge < -0.3 is 29.9 Å². The first kappa shape index (κ1) is 27.8. The molecule has 44 heavy (non-hydrogen) atoms. The van der Waals surface area contributed by atoms with Crippen LogP contribution < -0.4 is 15.4 Å². The standard InChI is InChI=1S/C31H37N9O3S/c1-17(20-7-5-11-38(20)2)40-29-22-28(39(12-14-41)13-15-42-30(22)36-40)34-27(35-29)24-18-6-3-9-31(25(18)43-37-24)10-4-8-21-23(31)19(16-32)26(33)44-21/h17,20,41H,3-15,33H2,1-2H3/t17-,20-,31-/m0/s1. The molecule has 3 atom stereocenters. The fourth-order valence-electron chi connectivity index (χ4n) is 8.33. The molecule has 8 rings (SSSR count). The number of fused-ring (bicyclic) bond motifs is 4. The summed E-state index contributed by atoms with van der Waals surface area (Å²) >= 11 is 1.54. The number of hydrogen-bond donors (Lipinski definition) is 2. The Bertz CT molecular complexity index is 1800. The van der Waals surface area contributed by atoms with Crippen molar-refractivity contribution in [2.75, 3.05) is 50.5 Å². The summed E-state index contributed by atoms with van der Waals surface area (Å²) < 4.78 is 14.4. The van der Waals surface area contributed by atoms with Crippen LogP contribution in [0.1, 0.15) is 78.8 Å². The van der Waals surface area contributed by atoms with Crippen LogP contribution >= 0.6 is 11.3 Å². The first-order valence-electron chi connectivity index (χ1n) is 15.8. The molecular weight excluding hydrogens is 578 g/mol. The summed E-state index contributed by atoms with van der Waals surface area (Å²) in [6.07, 6.45) is 7.69. The number of aliphatic hydroxyl groups excluding tert-OH is 1. The molecule has 0 unspecified atom stereocenters. The van der Waals surface area contributed by atoms with Crippen molar-refractivity contribution in [3.05, 3.63) is 27.3 Å². The maximum Gasteiger partial charge on any atom is 0.246 e. The molecule has 6 heterocycles. The van der Waals surface area contributed by atoms with Gasteiger partial charge in [0.05, 0.1) is 30.2 Å². The van der Waals surface area contributed by atoms with E-state index in [-0.39, 0.29) is 12.6 Å². The van der Waals surface area contributed by atoms with Gasteiger partial charge in [-0.05, 0) is 77.4 Å². The van der Waals surface area contributed by atoms with Gasteiger partial charge in [-0.2, -0.15) is 5.26 Å². The van der Waals surface area contributed by atoms with Crippen molar-refractivity contribution in [1.29, 1.82) is 5.26 Å². The maximum atomic E-state index is 10.1. The van der Waals surface area contributed by atoms with Crippen LogP contribution in [0.2, 0.25) is 0 Å². The molecule has 0 aromatic carbocycles. The second-order valence-corrected chi connectivity index (χ2v) is 13.8. The normalized spacial score (nSPS) is 23.8. The number of likely N-dealkylation sites (N-methyl/N-ethyl adjacent to an activating group) is 1. The van der Waals surface area contributed by atoms with Crippen molar-refractivity contribution >= 4 is 33.2 Å². The Labute approximate surface area is 259 Å². The molecule has 1 saturated heterocycles. The van der Waals surface area contributed by atoms with E-state index in [1.807, 2.05) is 4.68 Å². The van der Waals surface area contributed by atoms with Crippen molar-refractivity contribution < 1.29 is 14.4 Å². The molecule has 1 spiro atoms. The van der Waals surface area contributed by atoms with Crippen LogP contribution in [0.4, 0.5) is 10.8 Å². The van der Waals surface area contributed by atoms with Crippen LogP contribution in [-0.2, 0) is 18.3 Å². The molecule has 3 N–H and O–H groups in total. The third-order valence-electron chi connectivity index (χ3n) is 10.4. The molecular formula is C31H37N9O3S. The molecule has 230 valence electrons. The zero-order valence-corrected chi connectivity index (χ0v) is 26.0. The number of thiophene rings is 1. The highest BCUT2D eigenvalue weighted by molar-refractivity contribution is 7.16. The average molecular weight is 616 g/mol. The topological polar surface area (TPSA) is 155 Å². The minimum absolute atomic E-state index is 0.0111. The molecule has 2 aliphatic heterocycles. The van der Waals surface area contributed by atoms with E-state index in [4.69, 9.17) is 30.1 Å². The molecule has 4 aromatic rings. The van der Waals surface area contributed by atoms with Crippen molar-refractivity contribution in [2.24, 2.45) is 0 Å². The second-order valence-electron chi connectivity index (χ2n) is 12.7. The highest BCUT2D eigenvalue weighted by Crippen LogP contribution is 2.55. The van der Waals surface area contributed by atoms with Gasteiger partial charge in [0.1, 0.15) is 28.9 Å². The number of ether oxygens (including phenoxy) is 1. The van der Waals surface area contributed by atoms with Gasteiger partial charge in [-0.15, -0.1) is 16.4 Å². The molecule has 0 radical (unpaired) electrons. The van der Waals surface area contributed by atoms with E-state index in [0.717, 1.165) is 80.2 Å². The van der Waals surface area contributed by atoms with Crippen LogP contribution in [0.5, 0.6) is 5.88 Å². The summed E-state index contributed by atoms with van der Waals surface area (Å²) in [5.41, 5.74) is 9.93. The Hall–Kier alpha value is -3.73. The summed E-state index contributed by atoms with van der Waals surface area (Å²) in [7, 11) is 2.17. The number of anilines is 2. The highest BCUT2D eigenvalue weighted by Gasteiger charge is 2.49. The Morgan fingerprint density at radius 1 is 1.20 bits per heavy atom. The molecule has 4 aromatic heterocycles. The van der Waals surface area contributed by atoms with Crippen molar-refractivity contribution in [3.8, 4) is 23.5 Å². The third kappa shape index (κ3) is 3.93. The minimum Gasteiger partial charge on any atom is -0.474 e. The molecule has 4 aliphatic rings. The first-order chi connectivity index (χ1) is 21.4. The average Bonchev–Trinajstić information content (AvgIpc) is 3.78. The number of aryl methyl sites for hydroxylation is 1. The van der Waals surface area contributed by atoms with Crippen LogP contribution in [0, 0.1) is 11.3 Å². The van der Waals surface area contributed by atoms with Crippen molar-refractivity contribution in [1.82, 2.24) is 29.8 Å². The van der Waals surface area contributed by atoms with E-state index in [1.54, 1.807) is 11.3 Å². The van der Waals surface area contributed by atoms with E-state index in [0.29, 0.717) is 65.2 Å². The third-order valence-corrected chi connectivity index (χ3v) is 11.4. The monoisotopic (exact) mass is 615 g/mol. The van der Waals surface area contributed by atoms with Gasteiger partial charge in [0.25, 0.3) is 0 Å². The lowest BCUT2D eigenvalue weighted by Crippen LogP contribution is -2.35. The summed E-state index contributed by atoms with van der Waals surface area (Å²) in [4.78, 5) is 15.9. The molecule has 13 heteroatoms. The first-order valence-corrected chi connectivity index (χ1v) is 16.6. The Balaban J connectivity index is 1.32. The molecule has 0 saturated carbocycles. The number of nitrogens with two attached hydrogens (primary N) is 1. The summed E-state index contributed by atoms with van der Waals surface area (Å²) in [6, 6.07) is 2.79. The lowest BCUT2D eigenvalue weighted by atomic mass is 9.63. The van der Waals surface area contributed by atoms with Crippen molar-refractivity contribution in [2.45, 2.75) is 75.8 Å². The smallest absolute Gasteiger partial charge is 0.246 e. The zero-order valence-electron chi connectivity index (χ0n) is 25.2. The van der Waals surface area contributed by atoms with E-state index in [2.05, 4.69) is 35.0 Å². The van der Waals surface area contributed by atoms with Crippen molar-refractivity contribution in [3.63, 3.8) is 0 Å². The number of aliphatic hydroxyl groups is 1. The van der Waals surface area contributed by atoms with Gasteiger partial charge in [-0.3, -0.25) is 0 Å². The molecule has 0 bridgehead atoms. The van der Waals surface area contributed by atoms with Crippen LogP contribution in [0.25, 0.3) is 22.6 Å². The number of likely N-dealkylation sites (tertiary alicyclic amines) is 1. The largest absolute Gasteiger partial charge is 0.474 e. The molecule has 0 amide bonds. The van der Waals surface area contributed by atoms with Crippen LogP contribution in [0.3, 0.4) is 0 Å². The maximum absolute atomic E-state index is 10.1. The van der Waals surface area contributed by atoms with Crippen LogP contribution in [-0.4, -0.2) is 80.8 Å². The van der Waals surface area contributed by atoms with E-state index < -0.39 is 5.41 Å². The molecule has 1 fully saturated rings. The van der Waals surface area contributed by atoms with E-state index in [1.165, 1.54) is 4.88 Å². The lowest BCUT2D eigenvalue weighted by Gasteiger charge is -2.39. The number of β-amino-alcohol motifs (C(OH)–C–C–N with tert-alkyl or cyclic N) is 1. The highest BCUT2D eigenvalue weighted by atomic mass is 32.1. The van der Waals surface area contributed by atoms with Gasteiger partial charge in [0, 0.05) is 23.0 Å². The SMILES string of the molecule is C[C@@H]([C@@H]1CCCN1C)n1nc2c3c(nc(-c4noc5c4CCC[C@@]54CCCc5sc(N)c(C#N)c54)nc31)N(CCO)CCO2. The van der Waals surface area contributed by atoms with Crippen LogP contribution in [0.15, 0.2) is 4.52 Å². The number of aromatic nitrogens is 5. The number of hydrogen-bond acceptors (Lipinski definition) is 12. The van der Waals surface area contributed by atoms with E-state index in [9.17, 15) is 10.4 Å². The summed E-state index contributed by atoms with van der Waals surface area (Å²) in [5, 5.41) is 31.0. The zero-order chi connectivity index (χ0) is 30.2. The lowest BCUT2D eigenvalue weighted by molar-refractivity contribution is 0.227. The Morgan fingerprint density at radius 2 is 2.05 bits per heavy atom. The van der Waals surface area contributed by atoms with Gasteiger partial charge in [-0.1, -0.05) is 5.16 Å².